The van der Waals surface area contributed by atoms with E-state index in [0.29, 0.717) is 23.6 Å². The van der Waals surface area contributed by atoms with Crippen molar-refractivity contribution in [1.29, 1.82) is 0 Å². The van der Waals surface area contributed by atoms with E-state index in [1.807, 2.05) is 43.3 Å². The van der Waals surface area contributed by atoms with E-state index in [2.05, 4.69) is 17.6 Å². The SMILES string of the molecule is Cc1ccc(Nc2nc(N[C@H](C)C3CC3)c3cccc(CN)c3n2)cc1Cl. The number of nitrogens with two attached hydrogens (primary N) is 1. The summed E-state index contributed by atoms with van der Waals surface area (Å²) in [5.41, 5.74) is 9.72. The highest BCUT2D eigenvalue weighted by atomic mass is 35.5. The van der Waals surface area contributed by atoms with E-state index >= 15 is 0 Å². The number of benzene rings is 2. The number of nitrogens with zero attached hydrogens (tertiary/aromatic N) is 2. The fourth-order valence-electron chi connectivity index (χ4n) is 3.27. The van der Waals surface area contributed by atoms with Crippen molar-refractivity contribution in [2.45, 2.75) is 39.3 Å². The lowest BCUT2D eigenvalue weighted by Gasteiger charge is -2.17. The molecule has 27 heavy (non-hydrogen) atoms. The second-order valence-corrected chi connectivity index (χ2v) is 7.68. The molecule has 3 aromatic rings. The molecule has 0 aliphatic heterocycles. The van der Waals surface area contributed by atoms with Gasteiger partial charge < -0.3 is 16.4 Å². The lowest BCUT2D eigenvalue weighted by Crippen LogP contribution is -2.19. The topological polar surface area (TPSA) is 75.9 Å². The van der Waals surface area contributed by atoms with E-state index in [0.717, 1.165) is 39.5 Å². The van der Waals surface area contributed by atoms with Gasteiger partial charge in [-0.25, -0.2) is 4.98 Å². The third-order valence-corrected chi connectivity index (χ3v) is 5.56. The molecule has 140 valence electrons. The van der Waals surface area contributed by atoms with E-state index in [1.54, 1.807) is 0 Å². The summed E-state index contributed by atoms with van der Waals surface area (Å²) >= 11 is 6.25. The average Bonchev–Trinajstić information content (AvgIpc) is 3.49. The number of rotatable bonds is 6. The molecule has 1 aliphatic carbocycles. The first kappa shape index (κ1) is 18.0. The van der Waals surface area contributed by atoms with Crippen molar-refractivity contribution in [3.63, 3.8) is 0 Å². The van der Waals surface area contributed by atoms with Crippen LogP contribution >= 0.6 is 11.6 Å². The van der Waals surface area contributed by atoms with Gasteiger partial charge >= 0.3 is 0 Å². The van der Waals surface area contributed by atoms with Gasteiger partial charge in [-0.05, 0) is 61.9 Å². The largest absolute Gasteiger partial charge is 0.367 e. The highest BCUT2D eigenvalue weighted by molar-refractivity contribution is 6.31. The molecule has 1 atom stereocenters. The van der Waals surface area contributed by atoms with Gasteiger partial charge in [0.1, 0.15) is 5.82 Å². The first-order valence-electron chi connectivity index (χ1n) is 9.34. The Morgan fingerprint density at radius 3 is 2.74 bits per heavy atom. The van der Waals surface area contributed by atoms with Gasteiger partial charge in [0.05, 0.1) is 5.52 Å². The van der Waals surface area contributed by atoms with Gasteiger partial charge in [-0.15, -0.1) is 0 Å². The van der Waals surface area contributed by atoms with Crippen LogP contribution < -0.4 is 16.4 Å². The van der Waals surface area contributed by atoms with Gasteiger partial charge in [0.25, 0.3) is 0 Å². The molecule has 0 amide bonds. The molecule has 0 unspecified atom stereocenters. The Kier molecular flexibility index (Phi) is 4.89. The van der Waals surface area contributed by atoms with Crippen LogP contribution in [0.2, 0.25) is 5.02 Å². The molecule has 1 fully saturated rings. The summed E-state index contributed by atoms with van der Waals surface area (Å²) in [6.45, 7) is 4.63. The first-order chi connectivity index (χ1) is 13.0. The zero-order valence-electron chi connectivity index (χ0n) is 15.6. The van der Waals surface area contributed by atoms with Gasteiger partial charge in [0, 0.05) is 28.7 Å². The second-order valence-electron chi connectivity index (χ2n) is 7.27. The summed E-state index contributed by atoms with van der Waals surface area (Å²) in [7, 11) is 0. The number of hydrogen-bond donors (Lipinski definition) is 3. The Labute approximate surface area is 164 Å². The summed E-state index contributed by atoms with van der Waals surface area (Å²) in [6, 6.07) is 12.3. The molecule has 6 heteroatoms. The van der Waals surface area contributed by atoms with Crippen LogP contribution in [0.1, 0.15) is 30.9 Å². The van der Waals surface area contributed by atoms with Crippen LogP contribution in [0, 0.1) is 12.8 Å². The van der Waals surface area contributed by atoms with E-state index in [4.69, 9.17) is 27.3 Å². The van der Waals surface area contributed by atoms with Gasteiger partial charge in [-0.1, -0.05) is 29.8 Å². The van der Waals surface area contributed by atoms with E-state index in [-0.39, 0.29) is 0 Å². The Balaban J connectivity index is 1.76. The molecule has 0 bridgehead atoms. The number of anilines is 3. The second kappa shape index (κ2) is 7.33. The standard InChI is InChI=1S/C21H24ClN5/c1-12-6-9-16(10-18(12)22)25-21-26-19-15(11-23)4-3-5-17(19)20(27-21)24-13(2)14-7-8-14/h3-6,9-10,13-14H,7-8,11,23H2,1-2H3,(H2,24,25,26,27)/t13-/m1/s1. The first-order valence-corrected chi connectivity index (χ1v) is 9.72. The van der Waals surface area contributed by atoms with Crippen molar-refractivity contribution < 1.29 is 0 Å². The fourth-order valence-corrected chi connectivity index (χ4v) is 3.45. The minimum Gasteiger partial charge on any atom is -0.367 e. The number of aryl methyl sites for hydroxylation is 1. The molecule has 0 saturated heterocycles. The number of hydrogen-bond acceptors (Lipinski definition) is 5. The Hall–Kier alpha value is -2.37. The molecule has 1 aromatic heterocycles. The predicted molar refractivity (Wildman–Crippen MR) is 113 cm³/mol. The number of para-hydroxylation sites is 1. The monoisotopic (exact) mass is 381 g/mol. The Bertz CT molecular complexity index is 984. The normalized spacial score (nSPS) is 15.0. The molecule has 0 spiro atoms. The van der Waals surface area contributed by atoms with Crippen molar-refractivity contribution in [2.75, 3.05) is 10.6 Å². The Morgan fingerprint density at radius 2 is 2.04 bits per heavy atom. The number of nitrogens with one attached hydrogen (secondary N) is 2. The van der Waals surface area contributed by atoms with E-state index in [9.17, 15) is 0 Å². The quantitative estimate of drug-likeness (QED) is 0.559. The van der Waals surface area contributed by atoms with Crippen LogP contribution in [-0.2, 0) is 6.54 Å². The Morgan fingerprint density at radius 1 is 1.22 bits per heavy atom. The van der Waals surface area contributed by atoms with Crippen LogP contribution in [0.5, 0.6) is 0 Å². The molecule has 2 aromatic carbocycles. The number of fused-ring (bicyclic) bond motifs is 1. The summed E-state index contributed by atoms with van der Waals surface area (Å²) < 4.78 is 0. The number of aromatic nitrogens is 2. The maximum Gasteiger partial charge on any atom is 0.229 e. The van der Waals surface area contributed by atoms with Crippen LogP contribution in [-0.4, -0.2) is 16.0 Å². The van der Waals surface area contributed by atoms with Crippen molar-refractivity contribution in [2.24, 2.45) is 11.7 Å². The van der Waals surface area contributed by atoms with Crippen molar-refractivity contribution in [1.82, 2.24) is 9.97 Å². The molecule has 4 N–H and O–H groups in total. The van der Waals surface area contributed by atoms with Crippen molar-refractivity contribution in [3.8, 4) is 0 Å². The van der Waals surface area contributed by atoms with Crippen LogP contribution in [0.4, 0.5) is 17.5 Å². The highest BCUT2D eigenvalue weighted by Crippen LogP contribution is 2.35. The zero-order chi connectivity index (χ0) is 19.0. The molecule has 1 saturated carbocycles. The van der Waals surface area contributed by atoms with Crippen molar-refractivity contribution >= 4 is 40.0 Å². The summed E-state index contributed by atoms with van der Waals surface area (Å²) in [5.74, 6) is 2.10. The smallest absolute Gasteiger partial charge is 0.229 e. The third kappa shape index (κ3) is 3.84. The maximum absolute atomic E-state index is 6.25. The summed E-state index contributed by atoms with van der Waals surface area (Å²) in [5, 5.41) is 8.58. The van der Waals surface area contributed by atoms with Gasteiger partial charge in [0.15, 0.2) is 0 Å². The van der Waals surface area contributed by atoms with E-state index in [1.165, 1.54) is 12.8 Å². The minimum absolute atomic E-state index is 0.381. The predicted octanol–water partition coefficient (Wildman–Crippen LogP) is 5.00. The average molecular weight is 382 g/mol. The van der Waals surface area contributed by atoms with Crippen LogP contribution in [0.3, 0.4) is 0 Å². The summed E-state index contributed by atoms with van der Waals surface area (Å²) in [6.07, 6.45) is 2.55. The van der Waals surface area contributed by atoms with Crippen LogP contribution in [0.25, 0.3) is 10.9 Å². The van der Waals surface area contributed by atoms with Crippen molar-refractivity contribution in [3.05, 3.63) is 52.5 Å². The number of halogens is 1. The van der Waals surface area contributed by atoms with Gasteiger partial charge in [-0.3, -0.25) is 0 Å². The summed E-state index contributed by atoms with van der Waals surface area (Å²) in [4.78, 5) is 9.49. The lowest BCUT2D eigenvalue weighted by molar-refractivity contribution is 0.691. The van der Waals surface area contributed by atoms with Gasteiger partial charge in [0.2, 0.25) is 5.95 Å². The zero-order valence-corrected chi connectivity index (χ0v) is 16.3. The maximum atomic E-state index is 6.25. The fraction of sp³-hybridized carbons (Fsp3) is 0.333. The molecule has 4 rings (SSSR count). The molecule has 5 nitrogen and oxygen atoms in total. The molecule has 0 radical (unpaired) electrons. The third-order valence-electron chi connectivity index (χ3n) is 5.15. The molecule has 1 aliphatic rings. The molecular formula is C21H24ClN5. The minimum atomic E-state index is 0.381. The van der Waals surface area contributed by atoms with Gasteiger partial charge in [-0.2, -0.15) is 4.98 Å². The molecular weight excluding hydrogens is 358 g/mol. The van der Waals surface area contributed by atoms with E-state index < -0.39 is 0 Å². The highest BCUT2D eigenvalue weighted by Gasteiger charge is 2.28. The lowest BCUT2D eigenvalue weighted by atomic mass is 10.1. The van der Waals surface area contributed by atoms with Crippen LogP contribution in [0.15, 0.2) is 36.4 Å². The molecule has 1 heterocycles.